The second-order valence-corrected chi connectivity index (χ2v) is 8.88. The average molecular weight is 287 g/mol. The Balaban J connectivity index is 2.22. The summed E-state index contributed by atoms with van der Waals surface area (Å²) in [6, 6.07) is 11.3. The predicted molar refractivity (Wildman–Crippen MR) is 93.7 cm³/mol. The number of hydrogen-bond donors (Lipinski definition) is 0. The summed E-state index contributed by atoms with van der Waals surface area (Å²) in [5.74, 6) is 0. The Labute approximate surface area is 132 Å². The molecule has 1 saturated carbocycles. The number of benzene rings is 1. The van der Waals surface area contributed by atoms with E-state index < -0.39 is 0 Å². The third-order valence-corrected chi connectivity index (χ3v) is 6.05. The smallest absolute Gasteiger partial charge is 0.00215 e. The van der Waals surface area contributed by atoms with Gasteiger partial charge in [0.2, 0.25) is 0 Å². The molecule has 1 aromatic carbocycles. The molecule has 0 N–H and O–H groups in total. The first-order valence-electron chi connectivity index (χ1n) is 8.82. The lowest BCUT2D eigenvalue weighted by Crippen LogP contribution is -2.39. The van der Waals surface area contributed by atoms with E-state index in [1.807, 2.05) is 0 Å². The van der Waals surface area contributed by atoms with E-state index in [1.165, 1.54) is 44.9 Å². The largest absolute Gasteiger partial charge is 0.0622 e. The minimum absolute atomic E-state index is 0.329. The molecule has 1 aliphatic rings. The Morgan fingerprint density at radius 1 is 0.905 bits per heavy atom. The van der Waals surface area contributed by atoms with Crippen molar-refractivity contribution in [2.45, 2.75) is 85.0 Å². The van der Waals surface area contributed by atoms with Gasteiger partial charge in [-0.1, -0.05) is 84.2 Å². The maximum atomic E-state index is 2.55. The highest BCUT2D eigenvalue weighted by Crippen LogP contribution is 2.54. The number of rotatable bonds is 5. The van der Waals surface area contributed by atoms with Crippen LogP contribution < -0.4 is 0 Å². The van der Waals surface area contributed by atoms with Crippen molar-refractivity contribution in [3.63, 3.8) is 0 Å². The van der Waals surface area contributed by atoms with Crippen LogP contribution in [0.2, 0.25) is 0 Å². The third-order valence-electron chi connectivity index (χ3n) is 6.05. The Morgan fingerprint density at radius 3 is 2.00 bits per heavy atom. The molecule has 0 unspecified atom stereocenters. The molecule has 0 heterocycles. The molecule has 0 spiro atoms. The predicted octanol–water partition coefficient (Wildman–Crippen LogP) is 6.74. The first-order valence-corrected chi connectivity index (χ1v) is 8.82. The summed E-state index contributed by atoms with van der Waals surface area (Å²) >= 11 is 0. The lowest BCUT2D eigenvalue weighted by Gasteiger charge is -2.46. The van der Waals surface area contributed by atoms with E-state index in [0.29, 0.717) is 16.2 Å². The summed E-state index contributed by atoms with van der Waals surface area (Å²) in [5, 5.41) is 0. The molecule has 0 heteroatoms. The second-order valence-electron chi connectivity index (χ2n) is 8.88. The molecule has 1 fully saturated rings. The zero-order chi connectivity index (χ0) is 15.6. The normalized spacial score (nSPS) is 21.2. The summed E-state index contributed by atoms with van der Waals surface area (Å²) in [4.78, 5) is 0. The lowest BCUT2D eigenvalue weighted by molar-refractivity contribution is 0.139. The van der Waals surface area contributed by atoms with Crippen LogP contribution in [0.15, 0.2) is 30.3 Å². The van der Waals surface area contributed by atoms with Crippen LogP contribution in [0.5, 0.6) is 0 Å². The van der Waals surface area contributed by atoms with E-state index >= 15 is 0 Å². The zero-order valence-electron chi connectivity index (χ0n) is 14.8. The second kappa shape index (κ2) is 6.15. The zero-order valence-corrected chi connectivity index (χ0v) is 14.8. The van der Waals surface area contributed by atoms with E-state index in [4.69, 9.17) is 0 Å². The van der Waals surface area contributed by atoms with Gasteiger partial charge >= 0.3 is 0 Å². The van der Waals surface area contributed by atoms with Gasteiger partial charge in [-0.25, -0.2) is 0 Å². The van der Waals surface area contributed by atoms with Crippen molar-refractivity contribution in [1.29, 1.82) is 0 Å². The Hall–Kier alpha value is -0.780. The maximum absolute atomic E-state index is 2.55. The molecule has 21 heavy (non-hydrogen) atoms. The Bertz CT molecular complexity index is 431. The van der Waals surface area contributed by atoms with Crippen LogP contribution in [0.1, 0.15) is 85.1 Å². The van der Waals surface area contributed by atoms with Crippen molar-refractivity contribution in [2.24, 2.45) is 10.8 Å². The topological polar surface area (TPSA) is 0 Å². The van der Waals surface area contributed by atoms with Crippen LogP contribution >= 0.6 is 0 Å². The van der Waals surface area contributed by atoms with E-state index in [1.54, 1.807) is 5.56 Å². The molecule has 2 rings (SSSR count). The van der Waals surface area contributed by atoms with Crippen molar-refractivity contribution >= 4 is 0 Å². The molecule has 0 aliphatic heterocycles. The highest BCUT2D eigenvalue weighted by Gasteiger charge is 2.46. The summed E-state index contributed by atoms with van der Waals surface area (Å²) in [5.41, 5.74) is 2.82. The minimum atomic E-state index is 0.329. The molecule has 0 saturated heterocycles. The molecular weight excluding hydrogens is 252 g/mol. The SMILES string of the molecule is CC(C)(C)CCC[C@](C)(c1ccccc1)C1(C)CCCC1. The van der Waals surface area contributed by atoms with E-state index in [2.05, 4.69) is 65.0 Å². The van der Waals surface area contributed by atoms with Gasteiger partial charge in [0.25, 0.3) is 0 Å². The summed E-state index contributed by atoms with van der Waals surface area (Å²) in [7, 11) is 0. The van der Waals surface area contributed by atoms with Crippen LogP contribution in [-0.2, 0) is 5.41 Å². The van der Waals surface area contributed by atoms with Gasteiger partial charge in [-0.05, 0) is 47.5 Å². The minimum Gasteiger partial charge on any atom is -0.0622 e. The lowest BCUT2D eigenvalue weighted by atomic mass is 9.58. The van der Waals surface area contributed by atoms with Crippen molar-refractivity contribution in [3.05, 3.63) is 35.9 Å². The fraction of sp³-hybridized carbons (Fsp3) is 0.714. The number of hydrogen-bond acceptors (Lipinski definition) is 0. The first-order chi connectivity index (χ1) is 9.77. The van der Waals surface area contributed by atoms with Gasteiger partial charge in [0.1, 0.15) is 0 Å². The monoisotopic (exact) mass is 286 g/mol. The van der Waals surface area contributed by atoms with Gasteiger partial charge in [0.15, 0.2) is 0 Å². The van der Waals surface area contributed by atoms with Crippen LogP contribution in [0.25, 0.3) is 0 Å². The molecular formula is C21H34. The molecule has 0 bridgehead atoms. The standard InChI is InChI=1S/C21H34/c1-19(2,3)14-11-17-21(5,18-12-7-6-8-13-18)20(4)15-9-10-16-20/h6-8,12-13H,9-11,14-17H2,1-5H3/t21-/m1/s1. The third kappa shape index (κ3) is 3.71. The molecule has 0 amide bonds. The molecule has 0 aromatic heterocycles. The maximum Gasteiger partial charge on any atom is -0.00215 e. The van der Waals surface area contributed by atoms with E-state index in [-0.39, 0.29) is 0 Å². The highest BCUT2D eigenvalue weighted by atomic mass is 14.5. The van der Waals surface area contributed by atoms with E-state index in [0.717, 1.165) is 0 Å². The van der Waals surface area contributed by atoms with Gasteiger partial charge in [0.05, 0.1) is 0 Å². The summed E-state index contributed by atoms with van der Waals surface area (Å²) in [6.45, 7) is 12.2. The van der Waals surface area contributed by atoms with Gasteiger partial charge in [-0.2, -0.15) is 0 Å². The van der Waals surface area contributed by atoms with Crippen molar-refractivity contribution < 1.29 is 0 Å². The fourth-order valence-electron chi connectivity index (χ4n) is 4.28. The van der Waals surface area contributed by atoms with Crippen LogP contribution in [0.3, 0.4) is 0 Å². The van der Waals surface area contributed by atoms with Crippen molar-refractivity contribution in [2.75, 3.05) is 0 Å². The molecule has 0 nitrogen and oxygen atoms in total. The van der Waals surface area contributed by atoms with Gasteiger partial charge in [0, 0.05) is 0 Å². The molecule has 0 radical (unpaired) electrons. The van der Waals surface area contributed by atoms with Crippen molar-refractivity contribution in [1.82, 2.24) is 0 Å². The molecule has 118 valence electrons. The molecule has 1 atom stereocenters. The average Bonchev–Trinajstić information content (AvgIpc) is 2.86. The van der Waals surface area contributed by atoms with Gasteiger partial charge < -0.3 is 0 Å². The van der Waals surface area contributed by atoms with Gasteiger partial charge in [-0.15, -0.1) is 0 Å². The first kappa shape index (κ1) is 16.6. The quantitative estimate of drug-likeness (QED) is 0.562. The van der Waals surface area contributed by atoms with Crippen LogP contribution in [0, 0.1) is 10.8 Å². The Kier molecular flexibility index (Phi) is 4.85. The fourth-order valence-corrected chi connectivity index (χ4v) is 4.28. The van der Waals surface area contributed by atoms with Crippen LogP contribution in [0.4, 0.5) is 0 Å². The summed E-state index contributed by atoms with van der Waals surface area (Å²) in [6.07, 6.45) is 9.61. The van der Waals surface area contributed by atoms with Gasteiger partial charge in [-0.3, -0.25) is 0 Å². The molecule has 1 aliphatic carbocycles. The highest BCUT2D eigenvalue weighted by molar-refractivity contribution is 5.28. The Morgan fingerprint density at radius 2 is 1.48 bits per heavy atom. The summed E-state index contributed by atoms with van der Waals surface area (Å²) < 4.78 is 0. The molecule has 1 aromatic rings. The van der Waals surface area contributed by atoms with E-state index in [9.17, 15) is 0 Å². The van der Waals surface area contributed by atoms with Crippen LogP contribution in [-0.4, -0.2) is 0 Å². The van der Waals surface area contributed by atoms with Crippen molar-refractivity contribution in [3.8, 4) is 0 Å².